The highest BCUT2D eigenvalue weighted by molar-refractivity contribution is 5.90. The summed E-state index contributed by atoms with van der Waals surface area (Å²) in [5, 5.41) is 2.87. The number of carbonyl (C=O) groups excluding carboxylic acids is 2. The van der Waals surface area contributed by atoms with Gasteiger partial charge >= 0.3 is 6.09 Å². The van der Waals surface area contributed by atoms with Gasteiger partial charge in [-0.15, -0.1) is 0 Å². The van der Waals surface area contributed by atoms with Gasteiger partial charge < -0.3 is 10.1 Å². The Morgan fingerprint density at radius 1 is 1.15 bits per heavy atom. The van der Waals surface area contributed by atoms with Gasteiger partial charge in [0.05, 0.1) is 13.1 Å². The van der Waals surface area contributed by atoms with Crippen LogP contribution in [0.15, 0.2) is 48.5 Å². The highest BCUT2D eigenvalue weighted by atomic mass is 16.6. The predicted octanol–water partition coefficient (Wildman–Crippen LogP) is 3.38. The van der Waals surface area contributed by atoms with Gasteiger partial charge in [0.1, 0.15) is 6.10 Å². The van der Waals surface area contributed by atoms with Gasteiger partial charge in [-0.25, -0.2) is 4.79 Å². The van der Waals surface area contributed by atoms with Crippen molar-refractivity contribution in [3.8, 4) is 0 Å². The molecule has 0 aliphatic carbocycles. The Bertz CT molecular complexity index is 789. The number of rotatable bonds is 6. The minimum absolute atomic E-state index is 0.0328. The molecule has 2 aromatic carbocycles. The maximum Gasteiger partial charge on any atom is 0.414 e. The SMILES string of the molecule is Cc1ccc(N2CC(CNC(=O)CCc3ccccc3)OC2=O)cc1C. The number of nitrogens with zero attached hydrogens (tertiary/aromatic N) is 1. The minimum Gasteiger partial charge on any atom is -0.442 e. The molecule has 26 heavy (non-hydrogen) atoms. The zero-order valence-corrected chi connectivity index (χ0v) is 15.2. The molecule has 1 aliphatic rings. The van der Waals surface area contributed by atoms with Gasteiger partial charge in [0, 0.05) is 12.1 Å². The number of cyclic esters (lactones) is 1. The van der Waals surface area contributed by atoms with Crippen molar-refractivity contribution in [2.24, 2.45) is 0 Å². The molecule has 0 spiro atoms. The molecule has 1 saturated heterocycles. The van der Waals surface area contributed by atoms with Crippen LogP contribution < -0.4 is 10.2 Å². The van der Waals surface area contributed by atoms with Crippen LogP contribution in [-0.2, 0) is 16.0 Å². The molecular weight excluding hydrogens is 328 g/mol. The summed E-state index contributed by atoms with van der Waals surface area (Å²) in [5.74, 6) is -0.0328. The summed E-state index contributed by atoms with van der Waals surface area (Å²) >= 11 is 0. The highest BCUT2D eigenvalue weighted by Crippen LogP contribution is 2.23. The number of hydrogen-bond acceptors (Lipinski definition) is 3. The van der Waals surface area contributed by atoms with E-state index in [1.54, 1.807) is 4.90 Å². The fraction of sp³-hybridized carbons (Fsp3) is 0.333. The number of ether oxygens (including phenoxy) is 1. The van der Waals surface area contributed by atoms with E-state index in [9.17, 15) is 9.59 Å². The van der Waals surface area contributed by atoms with Crippen molar-refractivity contribution in [3.05, 3.63) is 65.2 Å². The quantitative estimate of drug-likeness (QED) is 0.867. The molecule has 0 radical (unpaired) electrons. The molecule has 5 heteroatoms. The Morgan fingerprint density at radius 2 is 1.92 bits per heavy atom. The summed E-state index contributed by atoms with van der Waals surface area (Å²) in [6, 6.07) is 15.8. The van der Waals surface area contributed by atoms with E-state index in [1.807, 2.05) is 62.4 Å². The molecule has 1 atom stereocenters. The molecular formula is C21H24N2O3. The van der Waals surface area contributed by atoms with E-state index in [2.05, 4.69) is 5.32 Å². The molecule has 1 fully saturated rings. The number of amides is 2. The summed E-state index contributed by atoms with van der Waals surface area (Å²) in [7, 11) is 0. The van der Waals surface area contributed by atoms with Crippen LogP contribution in [0.4, 0.5) is 10.5 Å². The fourth-order valence-corrected chi connectivity index (χ4v) is 2.95. The summed E-state index contributed by atoms with van der Waals surface area (Å²) in [6.45, 7) is 4.83. The van der Waals surface area contributed by atoms with E-state index < -0.39 is 0 Å². The Hall–Kier alpha value is -2.82. The normalized spacial score (nSPS) is 16.5. The second-order valence-electron chi connectivity index (χ2n) is 6.67. The third kappa shape index (κ3) is 4.42. The van der Waals surface area contributed by atoms with Gasteiger partial charge in [0.25, 0.3) is 0 Å². The molecule has 1 unspecified atom stereocenters. The van der Waals surface area contributed by atoms with Gasteiger partial charge in [0.2, 0.25) is 5.91 Å². The molecule has 1 N–H and O–H groups in total. The Labute approximate surface area is 154 Å². The summed E-state index contributed by atoms with van der Waals surface area (Å²) in [6.07, 6.45) is 0.429. The molecule has 0 saturated carbocycles. The van der Waals surface area contributed by atoms with Crippen LogP contribution >= 0.6 is 0 Å². The molecule has 0 bridgehead atoms. The van der Waals surface area contributed by atoms with Crippen molar-refractivity contribution in [3.63, 3.8) is 0 Å². The number of anilines is 1. The first kappa shape index (κ1) is 18.0. The monoisotopic (exact) mass is 352 g/mol. The van der Waals surface area contributed by atoms with Gasteiger partial charge in [0.15, 0.2) is 0 Å². The first-order valence-electron chi connectivity index (χ1n) is 8.89. The lowest BCUT2D eigenvalue weighted by molar-refractivity contribution is -0.121. The molecule has 2 amide bonds. The first-order chi connectivity index (χ1) is 12.5. The average molecular weight is 352 g/mol. The fourth-order valence-electron chi connectivity index (χ4n) is 2.95. The predicted molar refractivity (Wildman–Crippen MR) is 101 cm³/mol. The number of benzene rings is 2. The Kier molecular flexibility index (Phi) is 5.56. The smallest absolute Gasteiger partial charge is 0.414 e. The van der Waals surface area contributed by atoms with E-state index in [0.29, 0.717) is 25.9 Å². The summed E-state index contributed by atoms with van der Waals surface area (Å²) in [5.41, 5.74) is 4.28. The van der Waals surface area contributed by atoms with E-state index in [4.69, 9.17) is 4.74 Å². The largest absolute Gasteiger partial charge is 0.442 e. The summed E-state index contributed by atoms with van der Waals surface area (Å²) < 4.78 is 5.38. The van der Waals surface area contributed by atoms with Crippen LogP contribution in [0.25, 0.3) is 0 Å². The minimum atomic E-state index is -0.364. The third-order valence-corrected chi connectivity index (χ3v) is 4.69. The van der Waals surface area contributed by atoms with Crippen molar-refractivity contribution in [1.82, 2.24) is 5.32 Å². The summed E-state index contributed by atoms with van der Waals surface area (Å²) in [4.78, 5) is 25.8. The van der Waals surface area contributed by atoms with Crippen LogP contribution in [0.1, 0.15) is 23.1 Å². The first-order valence-corrected chi connectivity index (χ1v) is 8.89. The number of aryl methyl sites for hydroxylation is 3. The van der Waals surface area contributed by atoms with Crippen molar-refractivity contribution in [2.75, 3.05) is 18.0 Å². The molecule has 5 nitrogen and oxygen atoms in total. The standard InChI is InChI=1S/C21H24N2O3/c1-15-8-10-18(12-16(15)2)23-14-19(26-21(23)25)13-22-20(24)11-9-17-6-4-3-5-7-17/h3-8,10,12,19H,9,11,13-14H2,1-2H3,(H,22,24). The van der Waals surface area contributed by atoms with Crippen LogP contribution in [0, 0.1) is 13.8 Å². The van der Waals surface area contributed by atoms with E-state index >= 15 is 0 Å². The van der Waals surface area contributed by atoms with Gasteiger partial charge in [-0.1, -0.05) is 36.4 Å². The Balaban J connectivity index is 1.48. The van der Waals surface area contributed by atoms with Crippen molar-refractivity contribution in [2.45, 2.75) is 32.8 Å². The van der Waals surface area contributed by atoms with Gasteiger partial charge in [-0.3, -0.25) is 9.69 Å². The number of nitrogens with one attached hydrogen (secondary N) is 1. The van der Waals surface area contributed by atoms with E-state index in [-0.39, 0.29) is 18.1 Å². The topological polar surface area (TPSA) is 58.6 Å². The molecule has 136 valence electrons. The van der Waals surface area contributed by atoms with Gasteiger partial charge in [-0.05, 0) is 49.1 Å². The lowest BCUT2D eigenvalue weighted by atomic mass is 10.1. The number of carbonyl (C=O) groups is 2. The van der Waals surface area contributed by atoms with Gasteiger partial charge in [-0.2, -0.15) is 0 Å². The highest BCUT2D eigenvalue weighted by Gasteiger charge is 2.32. The Morgan fingerprint density at radius 3 is 2.65 bits per heavy atom. The maximum atomic E-state index is 12.1. The number of hydrogen-bond donors (Lipinski definition) is 1. The molecule has 1 aliphatic heterocycles. The van der Waals surface area contributed by atoms with Crippen molar-refractivity contribution < 1.29 is 14.3 Å². The van der Waals surface area contributed by atoms with Crippen LogP contribution in [0.5, 0.6) is 0 Å². The second-order valence-corrected chi connectivity index (χ2v) is 6.67. The molecule has 2 aromatic rings. The lowest BCUT2D eigenvalue weighted by Gasteiger charge is -2.14. The zero-order chi connectivity index (χ0) is 18.5. The zero-order valence-electron chi connectivity index (χ0n) is 15.2. The van der Waals surface area contributed by atoms with Crippen molar-refractivity contribution >= 4 is 17.7 Å². The van der Waals surface area contributed by atoms with Crippen LogP contribution in [-0.4, -0.2) is 31.2 Å². The van der Waals surface area contributed by atoms with Crippen molar-refractivity contribution in [1.29, 1.82) is 0 Å². The molecule has 1 heterocycles. The van der Waals surface area contributed by atoms with Crippen LogP contribution in [0.2, 0.25) is 0 Å². The lowest BCUT2D eigenvalue weighted by Crippen LogP contribution is -2.34. The maximum absolute atomic E-state index is 12.1. The molecule has 0 aromatic heterocycles. The molecule has 3 rings (SSSR count). The second kappa shape index (κ2) is 8.04. The third-order valence-electron chi connectivity index (χ3n) is 4.69. The van der Waals surface area contributed by atoms with E-state index in [0.717, 1.165) is 16.8 Å². The van der Waals surface area contributed by atoms with E-state index in [1.165, 1.54) is 5.56 Å². The van der Waals surface area contributed by atoms with Crippen LogP contribution in [0.3, 0.4) is 0 Å². The average Bonchev–Trinajstić information content (AvgIpc) is 3.02.